The van der Waals surface area contributed by atoms with Crippen LogP contribution >= 0.6 is 23.5 Å². The van der Waals surface area contributed by atoms with Crippen LogP contribution in [0.25, 0.3) is 0 Å². The van der Waals surface area contributed by atoms with Gasteiger partial charge >= 0.3 is 0 Å². The maximum atomic E-state index is 10.4. The van der Waals surface area contributed by atoms with Crippen molar-refractivity contribution < 1.29 is 39.4 Å². The lowest BCUT2D eigenvalue weighted by molar-refractivity contribution is 0.102. The van der Waals surface area contributed by atoms with Gasteiger partial charge in [-0.2, -0.15) is 0 Å². The summed E-state index contributed by atoms with van der Waals surface area (Å²) >= 11 is 3.13. The molecule has 4 aromatic rings. The van der Waals surface area contributed by atoms with E-state index >= 15 is 0 Å². The Morgan fingerprint density at radius 1 is 0.591 bits per heavy atom. The van der Waals surface area contributed by atoms with Gasteiger partial charge in [0.05, 0.1) is 25.4 Å². The number of rotatable bonds is 17. The molecule has 0 saturated heterocycles. The monoisotopic (exact) mass is 638 g/mol. The molecule has 10 heteroatoms. The Balaban J connectivity index is 1.46. The molecule has 0 fully saturated rings. The fourth-order valence-electron chi connectivity index (χ4n) is 3.99. The Kier molecular flexibility index (Phi) is 13.1. The number of benzene rings is 4. The van der Waals surface area contributed by atoms with E-state index in [0.29, 0.717) is 28.6 Å². The molecule has 8 nitrogen and oxygen atoms in total. The first-order chi connectivity index (χ1) is 21.3. The lowest BCUT2D eigenvalue weighted by Gasteiger charge is -2.22. The zero-order valence-corrected chi connectivity index (χ0v) is 26.3. The summed E-state index contributed by atoms with van der Waals surface area (Å²) in [5, 5.41) is 38.5. The normalized spacial score (nSPS) is 13.1. The maximum absolute atomic E-state index is 10.4. The van der Waals surface area contributed by atoms with Gasteiger partial charge in [0.1, 0.15) is 42.8 Å². The van der Waals surface area contributed by atoms with Gasteiger partial charge in [-0.3, -0.25) is 0 Å². The van der Waals surface area contributed by atoms with E-state index in [1.165, 1.54) is 0 Å². The molecule has 0 amide bonds. The van der Waals surface area contributed by atoms with Crippen LogP contribution in [0.1, 0.15) is 25.5 Å². The molecule has 0 aliphatic carbocycles. The summed E-state index contributed by atoms with van der Waals surface area (Å²) in [6.45, 7) is 3.60. The first kappa shape index (κ1) is 33.5. The largest absolute Gasteiger partial charge is 0.491 e. The predicted octanol–water partition coefficient (Wildman–Crippen LogP) is 5.99. The number of hydrogen-bond acceptors (Lipinski definition) is 10. The Morgan fingerprint density at radius 3 is 1.59 bits per heavy atom. The van der Waals surface area contributed by atoms with Crippen LogP contribution in [0.5, 0.6) is 23.0 Å². The second-order valence-corrected chi connectivity index (χ2v) is 12.3. The first-order valence-corrected chi connectivity index (χ1v) is 15.9. The second-order valence-electron chi connectivity index (χ2n) is 10.00. The molecule has 0 spiro atoms. The third-order valence-corrected chi connectivity index (χ3v) is 8.06. The zero-order chi connectivity index (χ0) is 31.3. The minimum absolute atomic E-state index is 0.0277. The average Bonchev–Trinajstić information content (AvgIpc) is 3.03. The summed E-state index contributed by atoms with van der Waals surface area (Å²) < 4.78 is 23.1. The number of hydrogen-bond donors (Lipinski definition) is 4. The van der Waals surface area contributed by atoms with Crippen molar-refractivity contribution in [3.8, 4) is 23.0 Å². The van der Waals surface area contributed by atoms with Gasteiger partial charge in [0.15, 0.2) is 6.10 Å². The predicted molar refractivity (Wildman–Crippen MR) is 171 cm³/mol. The van der Waals surface area contributed by atoms with Gasteiger partial charge in [-0.1, -0.05) is 23.5 Å². The van der Waals surface area contributed by atoms with Crippen molar-refractivity contribution in [2.75, 3.05) is 33.0 Å². The van der Waals surface area contributed by atoms with E-state index in [2.05, 4.69) is 0 Å². The summed E-state index contributed by atoms with van der Waals surface area (Å²) in [6, 6.07) is 28.6. The van der Waals surface area contributed by atoms with Crippen LogP contribution in [0, 0.1) is 0 Å². The van der Waals surface area contributed by atoms with Crippen LogP contribution in [0.2, 0.25) is 0 Å². The lowest BCUT2D eigenvalue weighted by atomic mass is 10.1. The molecule has 0 aliphatic heterocycles. The Bertz CT molecular complexity index is 1410. The van der Waals surface area contributed by atoms with Crippen LogP contribution < -0.4 is 18.9 Å². The summed E-state index contributed by atoms with van der Waals surface area (Å²) in [5.74, 6) is 2.50. The van der Waals surface area contributed by atoms with E-state index in [1.807, 2.05) is 91.0 Å². The molecule has 234 valence electrons. The summed E-state index contributed by atoms with van der Waals surface area (Å²) in [7, 11) is 0. The van der Waals surface area contributed by atoms with Crippen LogP contribution in [0.15, 0.2) is 111 Å². The van der Waals surface area contributed by atoms with E-state index in [1.54, 1.807) is 37.4 Å². The highest BCUT2D eigenvalue weighted by atomic mass is 32.2. The molecule has 3 atom stereocenters. The Morgan fingerprint density at radius 2 is 1.07 bits per heavy atom. The standard InChI is InChI=1S/C34H38O8S2/c1-23(37)21-40-26-5-11-30(12-6-26)44-31-15-16-33(41-22-24(2)38)32(19-31)34(20-36)42-27-7-13-29(14-8-27)43-28-9-3-25(4-10-28)39-18-17-35/h3-16,19,23-24,34-38H,17-18,20-22H2,1-2H3. The molecule has 4 aromatic carbocycles. The van der Waals surface area contributed by atoms with E-state index in [0.717, 1.165) is 19.6 Å². The van der Waals surface area contributed by atoms with Gasteiger partial charge in [-0.15, -0.1) is 0 Å². The van der Waals surface area contributed by atoms with Gasteiger partial charge < -0.3 is 39.4 Å². The van der Waals surface area contributed by atoms with Gasteiger partial charge in [0.2, 0.25) is 0 Å². The minimum atomic E-state index is -0.708. The molecule has 0 bridgehead atoms. The number of aliphatic hydroxyl groups is 4. The van der Waals surface area contributed by atoms with Gasteiger partial charge in [0.25, 0.3) is 0 Å². The minimum Gasteiger partial charge on any atom is -0.491 e. The van der Waals surface area contributed by atoms with Gasteiger partial charge in [-0.05, 0) is 105 Å². The summed E-state index contributed by atoms with van der Waals surface area (Å²) in [6.07, 6.45) is -1.91. The molecular formula is C34H38O8S2. The van der Waals surface area contributed by atoms with Crippen molar-refractivity contribution in [3.05, 3.63) is 96.6 Å². The van der Waals surface area contributed by atoms with E-state index in [4.69, 9.17) is 24.1 Å². The van der Waals surface area contributed by atoms with Crippen molar-refractivity contribution in [3.63, 3.8) is 0 Å². The Hall–Kier alpha value is -3.38. The second kappa shape index (κ2) is 17.2. The lowest BCUT2D eigenvalue weighted by Crippen LogP contribution is -2.17. The van der Waals surface area contributed by atoms with Crippen molar-refractivity contribution in [1.29, 1.82) is 0 Å². The van der Waals surface area contributed by atoms with Crippen LogP contribution in [-0.4, -0.2) is 65.7 Å². The summed E-state index contributed by atoms with van der Waals surface area (Å²) in [5.41, 5.74) is 0.664. The van der Waals surface area contributed by atoms with Crippen LogP contribution in [0.3, 0.4) is 0 Å². The zero-order valence-electron chi connectivity index (χ0n) is 24.7. The van der Waals surface area contributed by atoms with E-state index < -0.39 is 18.3 Å². The van der Waals surface area contributed by atoms with Crippen molar-refractivity contribution in [2.24, 2.45) is 0 Å². The molecule has 0 aliphatic rings. The van der Waals surface area contributed by atoms with Crippen molar-refractivity contribution in [1.82, 2.24) is 0 Å². The molecular weight excluding hydrogens is 601 g/mol. The third-order valence-electron chi connectivity index (χ3n) is 6.05. The SMILES string of the molecule is CC(O)COc1ccc(Sc2ccc(OCC(C)O)c(C(CO)Oc3ccc(Sc4ccc(OCCO)cc4)cc3)c2)cc1. The fourth-order valence-corrected chi connectivity index (χ4v) is 5.68. The molecule has 0 radical (unpaired) electrons. The molecule has 4 N–H and O–H groups in total. The molecule has 4 rings (SSSR count). The highest BCUT2D eigenvalue weighted by Crippen LogP contribution is 2.37. The molecule has 44 heavy (non-hydrogen) atoms. The van der Waals surface area contributed by atoms with Crippen molar-refractivity contribution >= 4 is 23.5 Å². The average molecular weight is 639 g/mol. The fraction of sp³-hybridized carbons (Fsp3) is 0.294. The van der Waals surface area contributed by atoms with E-state index in [9.17, 15) is 15.3 Å². The maximum Gasteiger partial charge on any atom is 0.150 e. The van der Waals surface area contributed by atoms with Gasteiger partial charge in [-0.25, -0.2) is 0 Å². The molecule has 0 aromatic heterocycles. The van der Waals surface area contributed by atoms with Gasteiger partial charge in [0, 0.05) is 25.1 Å². The summed E-state index contributed by atoms with van der Waals surface area (Å²) in [4.78, 5) is 3.96. The molecule has 0 heterocycles. The van der Waals surface area contributed by atoms with Crippen molar-refractivity contribution in [2.45, 2.75) is 51.7 Å². The van der Waals surface area contributed by atoms with Crippen LogP contribution in [-0.2, 0) is 0 Å². The highest BCUT2D eigenvalue weighted by Gasteiger charge is 2.20. The smallest absolute Gasteiger partial charge is 0.150 e. The third kappa shape index (κ3) is 10.7. The Labute approximate surface area is 266 Å². The number of ether oxygens (including phenoxy) is 4. The quantitative estimate of drug-likeness (QED) is 0.110. The topological polar surface area (TPSA) is 118 Å². The highest BCUT2D eigenvalue weighted by molar-refractivity contribution is 7.99. The molecule has 3 unspecified atom stereocenters. The molecule has 0 saturated carbocycles. The van der Waals surface area contributed by atoms with Crippen LogP contribution in [0.4, 0.5) is 0 Å². The van der Waals surface area contributed by atoms with E-state index in [-0.39, 0.29) is 33.0 Å². The first-order valence-electron chi connectivity index (χ1n) is 14.3. The number of aliphatic hydroxyl groups excluding tert-OH is 4.